The van der Waals surface area contributed by atoms with Crippen LogP contribution >= 0.6 is 31.9 Å². The Kier molecular flexibility index (Phi) is 4.50. The lowest BCUT2D eigenvalue weighted by Gasteiger charge is -2.22. The minimum atomic E-state index is -1.68. The second kappa shape index (κ2) is 6.52. The summed E-state index contributed by atoms with van der Waals surface area (Å²) in [5, 5.41) is 0. The number of rotatable bonds is 4. The number of Topliss-reactive ketones (excluding diaryl/α,β-unsaturated/α-hetero) is 1. The normalized spacial score (nSPS) is 27.3. The minimum Gasteiger partial charge on any atom is -0.465 e. The maximum atomic E-state index is 13.5. The van der Waals surface area contributed by atoms with Gasteiger partial charge in [0.1, 0.15) is 5.75 Å². The Bertz CT molecular complexity index is 1020. The van der Waals surface area contributed by atoms with E-state index in [0.29, 0.717) is 16.9 Å². The van der Waals surface area contributed by atoms with E-state index in [4.69, 9.17) is 9.47 Å². The predicted molar refractivity (Wildman–Crippen MR) is 108 cm³/mol. The summed E-state index contributed by atoms with van der Waals surface area (Å²) in [5.74, 6) is -2.03. The molecule has 7 heteroatoms. The van der Waals surface area contributed by atoms with E-state index in [-0.39, 0.29) is 12.4 Å². The molecule has 3 atom stereocenters. The first-order chi connectivity index (χ1) is 13.3. The van der Waals surface area contributed by atoms with Crippen LogP contribution < -0.4 is 4.74 Å². The van der Waals surface area contributed by atoms with Gasteiger partial charge in [0.2, 0.25) is 0 Å². The van der Waals surface area contributed by atoms with Crippen molar-refractivity contribution in [2.75, 3.05) is 6.61 Å². The third-order valence-corrected chi connectivity index (χ3v) is 6.75. The molecule has 1 saturated carbocycles. The lowest BCUT2D eigenvalue weighted by Crippen LogP contribution is -2.40. The van der Waals surface area contributed by atoms with Gasteiger partial charge in [0.05, 0.1) is 12.0 Å². The molecule has 4 rings (SSSR count). The zero-order valence-corrected chi connectivity index (χ0v) is 18.3. The van der Waals surface area contributed by atoms with E-state index >= 15 is 0 Å². The van der Waals surface area contributed by atoms with Gasteiger partial charge in [0.25, 0.3) is 0 Å². The van der Waals surface area contributed by atoms with Gasteiger partial charge in [-0.05, 0) is 44.2 Å². The Hall–Kier alpha value is -1.99. The summed E-state index contributed by atoms with van der Waals surface area (Å²) in [6, 6.07) is 12.1. The smallest absolute Gasteiger partial charge is 0.330 e. The van der Waals surface area contributed by atoms with Gasteiger partial charge in [0.15, 0.2) is 11.2 Å². The van der Waals surface area contributed by atoms with E-state index in [1.54, 1.807) is 56.3 Å². The molecule has 28 heavy (non-hydrogen) atoms. The summed E-state index contributed by atoms with van der Waals surface area (Å²) in [5.41, 5.74) is -1.90. The Morgan fingerprint density at radius 3 is 2.39 bits per heavy atom. The number of carbonyl (C=O) groups is 3. The summed E-state index contributed by atoms with van der Waals surface area (Å²) in [6.45, 7) is 3.42. The zero-order chi connectivity index (χ0) is 20.3. The van der Waals surface area contributed by atoms with Gasteiger partial charge in [-0.25, -0.2) is 0 Å². The Morgan fingerprint density at radius 1 is 1.11 bits per heavy atom. The van der Waals surface area contributed by atoms with Crippen LogP contribution in [0.15, 0.2) is 51.4 Å². The van der Waals surface area contributed by atoms with Gasteiger partial charge in [0, 0.05) is 26.0 Å². The molecular weight excluding hydrogens is 492 g/mol. The van der Waals surface area contributed by atoms with Crippen molar-refractivity contribution in [2.24, 2.45) is 10.8 Å². The maximum absolute atomic E-state index is 13.5. The number of fused-ring (bicyclic) bond motifs is 3. The summed E-state index contributed by atoms with van der Waals surface area (Å²) in [7, 11) is 0. The molecule has 0 aromatic heterocycles. The monoisotopic (exact) mass is 506 g/mol. The number of hydrogen-bond acceptors (Lipinski definition) is 5. The SMILES string of the molecule is CCOC(=O)[C@@]12C(=O)Oc3ccc(Br)cc3[C@@H]1[C@@]2(C)C(=O)c1ccc(Br)cc1. The molecule has 1 aliphatic carbocycles. The van der Waals surface area contributed by atoms with Gasteiger partial charge < -0.3 is 9.47 Å². The highest BCUT2D eigenvalue weighted by molar-refractivity contribution is 9.10. The zero-order valence-electron chi connectivity index (χ0n) is 15.1. The van der Waals surface area contributed by atoms with Gasteiger partial charge in [-0.3, -0.25) is 14.4 Å². The molecule has 0 amide bonds. The fourth-order valence-corrected chi connectivity index (χ4v) is 5.02. The first-order valence-electron chi connectivity index (χ1n) is 8.77. The van der Waals surface area contributed by atoms with Gasteiger partial charge >= 0.3 is 11.9 Å². The molecule has 0 spiro atoms. The van der Waals surface area contributed by atoms with Crippen molar-refractivity contribution in [3.63, 3.8) is 0 Å². The fraction of sp³-hybridized carbons (Fsp3) is 0.286. The van der Waals surface area contributed by atoms with Gasteiger partial charge in [-0.15, -0.1) is 0 Å². The van der Waals surface area contributed by atoms with Crippen LogP contribution in [0.3, 0.4) is 0 Å². The molecule has 0 radical (unpaired) electrons. The number of ether oxygens (including phenoxy) is 2. The molecule has 5 nitrogen and oxygen atoms in total. The van der Waals surface area contributed by atoms with Crippen molar-refractivity contribution < 1.29 is 23.9 Å². The number of carbonyl (C=O) groups excluding carboxylic acids is 3. The van der Waals surface area contributed by atoms with Crippen LogP contribution in [-0.4, -0.2) is 24.3 Å². The number of benzene rings is 2. The molecular formula is C21H16Br2O5. The number of esters is 2. The van der Waals surface area contributed by atoms with E-state index in [9.17, 15) is 14.4 Å². The van der Waals surface area contributed by atoms with Crippen LogP contribution in [-0.2, 0) is 14.3 Å². The highest BCUT2D eigenvalue weighted by Crippen LogP contribution is 2.78. The van der Waals surface area contributed by atoms with Crippen molar-refractivity contribution in [1.29, 1.82) is 0 Å². The van der Waals surface area contributed by atoms with Crippen LogP contribution in [0.25, 0.3) is 0 Å². The van der Waals surface area contributed by atoms with Crippen molar-refractivity contribution in [3.05, 3.63) is 62.5 Å². The Labute approximate surface area is 178 Å². The third-order valence-electron chi connectivity index (χ3n) is 5.73. The maximum Gasteiger partial charge on any atom is 0.330 e. The molecule has 144 valence electrons. The second-order valence-corrected chi connectivity index (χ2v) is 8.90. The van der Waals surface area contributed by atoms with Gasteiger partial charge in [-0.1, -0.05) is 44.0 Å². The van der Waals surface area contributed by atoms with Crippen LogP contribution in [0.2, 0.25) is 0 Å². The van der Waals surface area contributed by atoms with Crippen LogP contribution in [0.5, 0.6) is 5.75 Å². The van der Waals surface area contributed by atoms with Gasteiger partial charge in [-0.2, -0.15) is 0 Å². The topological polar surface area (TPSA) is 69.7 Å². The number of ketones is 1. The minimum absolute atomic E-state index is 0.106. The number of hydrogen-bond donors (Lipinski definition) is 0. The molecule has 0 saturated heterocycles. The lowest BCUT2D eigenvalue weighted by atomic mass is 9.87. The summed E-state index contributed by atoms with van der Waals surface area (Å²) >= 11 is 6.77. The van der Waals surface area contributed by atoms with E-state index in [1.165, 1.54) is 0 Å². The Morgan fingerprint density at radius 2 is 1.75 bits per heavy atom. The Balaban J connectivity index is 1.90. The van der Waals surface area contributed by atoms with E-state index in [2.05, 4.69) is 31.9 Å². The highest BCUT2D eigenvalue weighted by Gasteiger charge is 2.89. The average molecular weight is 508 g/mol. The molecule has 0 bridgehead atoms. The molecule has 1 heterocycles. The molecule has 2 aliphatic rings. The van der Waals surface area contributed by atoms with E-state index in [0.717, 1.165) is 8.95 Å². The van der Waals surface area contributed by atoms with Crippen LogP contribution in [0.4, 0.5) is 0 Å². The van der Waals surface area contributed by atoms with Crippen LogP contribution in [0.1, 0.15) is 35.7 Å². The molecule has 1 fully saturated rings. The molecule has 2 aromatic carbocycles. The van der Waals surface area contributed by atoms with Crippen molar-refractivity contribution in [2.45, 2.75) is 19.8 Å². The lowest BCUT2D eigenvalue weighted by molar-refractivity contribution is -0.162. The molecule has 1 aliphatic heterocycles. The van der Waals surface area contributed by atoms with Crippen LogP contribution in [0, 0.1) is 10.8 Å². The fourth-order valence-electron chi connectivity index (χ4n) is 4.38. The molecule has 2 aromatic rings. The molecule has 0 N–H and O–H groups in total. The summed E-state index contributed by atoms with van der Waals surface area (Å²) in [4.78, 5) is 39.5. The third kappa shape index (κ3) is 2.38. The largest absolute Gasteiger partial charge is 0.465 e. The van der Waals surface area contributed by atoms with E-state index < -0.39 is 28.7 Å². The van der Waals surface area contributed by atoms with E-state index in [1.807, 2.05) is 0 Å². The predicted octanol–water partition coefficient (Wildman–Crippen LogP) is 4.67. The average Bonchev–Trinajstić information content (AvgIpc) is 3.26. The first kappa shape index (κ1) is 19.3. The second-order valence-electron chi connectivity index (χ2n) is 7.07. The van der Waals surface area contributed by atoms with Crippen molar-refractivity contribution >= 4 is 49.6 Å². The highest BCUT2D eigenvalue weighted by atomic mass is 79.9. The summed E-state index contributed by atoms with van der Waals surface area (Å²) < 4.78 is 12.3. The van der Waals surface area contributed by atoms with Crippen molar-refractivity contribution in [3.8, 4) is 5.75 Å². The first-order valence-corrected chi connectivity index (χ1v) is 10.4. The number of halogens is 2. The quantitative estimate of drug-likeness (QED) is 0.260. The summed E-state index contributed by atoms with van der Waals surface area (Å²) in [6.07, 6.45) is 0. The standard InChI is InChI=1S/C21H16Br2O5/c1-3-27-18(25)21-16(14-10-13(23)8-9-15(14)28-19(21)26)20(21,2)17(24)11-4-6-12(22)7-5-11/h4-10,16H,3H2,1-2H3/t16-,20+,21-/m1/s1. The molecule has 0 unspecified atom stereocenters. The van der Waals surface area contributed by atoms with Crippen molar-refractivity contribution in [1.82, 2.24) is 0 Å².